The van der Waals surface area contributed by atoms with Gasteiger partial charge in [0.2, 0.25) is 11.8 Å². The zero-order valence-corrected chi connectivity index (χ0v) is 36.9. The Morgan fingerprint density at radius 3 is 1.53 bits per heavy atom. The quantitative estimate of drug-likeness (QED) is 0.0532. The van der Waals surface area contributed by atoms with E-state index in [4.69, 9.17) is 5.11 Å². The molecule has 1 saturated heterocycles. The van der Waals surface area contributed by atoms with E-state index < -0.39 is 53.7 Å². The van der Waals surface area contributed by atoms with Crippen LogP contribution in [0.2, 0.25) is 0 Å². The smallest absolute Gasteiger partial charge is 0.326 e. The van der Waals surface area contributed by atoms with Crippen molar-refractivity contribution in [3.05, 3.63) is 35.4 Å². The zero-order chi connectivity index (χ0) is 47.6. The number of hydrogen-bond donors (Lipinski definition) is 8. The van der Waals surface area contributed by atoms with E-state index in [-0.39, 0.29) is 109 Å². The predicted molar refractivity (Wildman–Crippen MR) is 230 cm³/mol. The molecule has 0 spiro atoms. The molecule has 8 N–H and O–H groups in total. The van der Waals surface area contributed by atoms with Crippen LogP contribution in [0.1, 0.15) is 69.4 Å². The highest BCUT2D eigenvalue weighted by Gasteiger charge is 2.25. The third-order valence-corrected chi connectivity index (χ3v) is 10.6. The van der Waals surface area contributed by atoms with Crippen molar-refractivity contribution in [3.63, 3.8) is 0 Å². The van der Waals surface area contributed by atoms with E-state index in [1.54, 1.807) is 19.6 Å². The Kier molecular flexibility index (Phi) is 25.2. The summed E-state index contributed by atoms with van der Waals surface area (Å²) in [7, 11) is 0. The Bertz CT molecular complexity index is 1680. The number of nitrogens with zero attached hydrogens (tertiary/aromatic N) is 5. The number of unbranched alkanes of at least 4 members (excludes halogenated alkanes) is 2. The van der Waals surface area contributed by atoms with E-state index in [0.717, 1.165) is 11.1 Å². The van der Waals surface area contributed by atoms with E-state index >= 15 is 0 Å². The highest BCUT2D eigenvalue weighted by Crippen LogP contribution is 2.13. The third kappa shape index (κ3) is 24.2. The van der Waals surface area contributed by atoms with Crippen molar-refractivity contribution < 1.29 is 68.7 Å². The Hall–Kier alpha value is -5.71. The lowest BCUT2D eigenvalue weighted by atomic mass is 10.1. The number of carboxylic acid groups (broad SMARTS) is 5. The van der Waals surface area contributed by atoms with Crippen LogP contribution < -0.4 is 16.0 Å². The van der Waals surface area contributed by atoms with Gasteiger partial charge in [-0.2, -0.15) is 0 Å². The molecular weight excluding hydrogens is 841 g/mol. The van der Waals surface area contributed by atoms with Crippen molar-refractivity contribution in [2.75, 3.05) is 91.6 Å². The van der Waals surface area contributed by atoms with E-state index in [0.29, 0.717) is 51.9 Å². The molecule has 4 amide bonds. The van der Waals surface area contributed by atoms with Crippen LogP contribution in [0.15, 0.2) is 24.3 Å². The van der Waals surface area contributed by atoms with E-state index in [1.807, 2.05) is 36.1 Å². The number of urea groups is 1. The molecule has 2 rings (SSSR count). The number of benzene rings is 1. The lowest BCUT2D eigenvalue weighted by Crippen LogP contribution is -2.50. The molecular formula is C42H66N8O14. The summed E-state index contributed by atoms with van der Waals surface area (Å²) < 4.78 is 0. The number of ketones is 1. The number of carboxylic acids is 5. The fourth-order valence-electron chi connectivity index (χ4n) is 6.95. The molecule has 1 aliphatic heterocycles. The average molecular weight is 907 g/mol. The van der Waals surface area contributed by atoms with Gasteiger partial charge in [0.15, 0.2) is 5.78 Å². The number of aliphatic carboxylic acids is 5. The molecule has 1 fully saturated rings. The molecule has 1 aromatic rings. The number of aryl methyl sites for hydroxylation is 1. The van der Waals surface area contributed by atoms with Crippen LogP contribution in [-0.2, 0) is 44.9 Å². The lowest BCUT2D eigenvalue weighted by Gasteiger charge is -2.32. The summed E-state index contributed by atoms with van der Waals surface area (Å²) in [6.45, 7) is 5.32. The van der Waals surface area contributed by atoms with Crippen LogP contribution in [0.25, 0.3) is 0 Å². The molecule has 0 radical (unpaired) electrons. The van der Waals surface area contributed by atoms with Crippen LogP contribution >= 0.6 is 0 Å². The first-order valence-electron chi connectivity index (χ1n) is 21.5. The molecule has 0 bridgehead atoms. The summed E-state index contributed by atoms with van der Waals surface area (Å²) in [4.78, 5) is 117. The van der Waals surface area contributed by atoms with Gasteiger partial charge in [0, 0.05) is 84.8 Å². The van der Waals surface area contributed by atoms with Crippen molar-refractivity contribution in [1.82, 2.24) is 40.4 Å². The molecule has 0 saturated carbocycles. The number of carbonyl (C=O) groups is 9. The number of Topliss-reactive ketones (excluding diaryl/α,β-unsaturated/α-hetero) is 1. The summed E-state index contributed by atoms with van der Waals surface area (Å²) in [5, 5.41) is 54.5. The fraction of sp³-hybridized carbons (Fsp3) is 0.643. The van der Waals surface area contributed by atoms with Crippen LogP contribution in [-0.4, -0.2) is 207 Å². The molecule has 2 unspecified atom stereocenters. The zero-order valence-electron chi connectivity index (χ0n) is 36.9. The number of carbonyl (C=O) groups excluding carboxylic acids is 4. The molecule has 0 aliphatic carbocycles. The second kappa shape index (κ2) is 29.6. The molecule has 64 heavy (non-hydrogen) atoms. The van der Waals surface area contributed by atoms with Crippen molar-refractivity contribution in [2.45, 2.75) is 83.8 Å². The Balaban J connectivity index is 1.96. The van der Waals surface area contributed by atoms with E-state index in [9.17, 15) is 63.6 Å². The number of hydrogen-bond acceptors (Lipinski definition) is 13. The molecule has 1 heterocycles. The maximum absolute atomic E-state index is 13.5. The number of amides is 4. The van der Waals surface area contributed by atoms with Gasteiger partial charge < -0.3 is 46.4 Å². The van der Waals surface area contributed by atoms with Gasteiger partial charge in [0.25, 0.3) is 0 Å². The summed E-state index contributed by atoms with van der Waals surface area (Å²) >= 11 is 0. The summed E-state index contributed by atoms with van der Waals surface area (Å²) in [6, 6.07) is 4.39. The van der Waals surface area contributed by atoms with Crippen molar-refractivity contribution in [1.29, 1.82) is 0 Å². The van der Waals surface area contributed by atoms with Gasteiger partial charge in [-0.15, -0.1) is 0 Å². The van der Waals surface area contributed by atoms with E-state index in [2.05, 4.69) is 16.0 Å². The monoisotopic (exact) mass is 906 g/mol. The van der Waals surface area contributed by atoms with Crippen LogP contribution in [0.3, 0.4) is 0 Å². The fourth-order valence-corrected chi connectivity index (χ4v) is 6.95. The molecule has 358 valence electrons. The van der Waals surface area contributed by atoms with Crippen LogP contribution in [0, 0.1) is 6.92 Å². The largest absolute Gasteiger partial charge is 0.481 e. The van der Waals surface area contributed by atoms with Crippen molar-refractivity contribution in [3.8, 4) is 0 Å². The average Bonchev–Trinajstić information content (AvgIpc) is 3.20. The minimum Gasteiger partial charge on any atom is -0.481 e. The van der Waals surface area contributed by atoms with Gasteiger partial charge >= 0.3 is 35.9 Å². The minimum absolute atomic E-state index is 0.0286. The van der Waals surface area contributed by atoms with Crippen molar-refractivity contribution >= 4 is 53.5 Å². The second-order valence-corrected chi connectivity index (χ2v) is 16.0. The molecule has 1 aliphatic rings. The predicted octanol–water partition coefficient (Wildman–Crippen LogP) is -0.169. The number of nitrogens with one attached hydrogen (secondary N) is 3. The maximum atomic E-state index is 13.5. The molecule has 0 aromatic heterocycles. The highest BCUT2D eigenvalue weighted by molar-refractivity contribution is 5.89. The van der Waals surface area contributed by atoms with Gasteiger partial charge in [-0.3, -0.25) is 53.2 Å². The van der Waals surface area contributed by atoms with Gasteiger partial charge in [0.1, 0.15) is 6.04 Å². The van der Waals surface area contributed by atoms with Crippen LogP contribution in [0.4, 0.5) is 4.79 Å². The summed E-state index contributed by atoms with van der Waals surface area (Å²) in [5.41, 5.74) is 1.95. The third-order valence-electron chi connectivity index (χ3n) is 10.6. The lowest BCUT2D eigenvalue weighted by molar-refractivity contribution is -0.140. The van der Waals surface area contributed by atoms with Crippen molar-refractivity contribution in [2.24, 2.45) is 0 Å². The normalized spacial score (nSPS) is 15.7. The Morgan fingerprint density at radius 2 is 1.08 bits per heavy atom. The molecule has 2 atom stereocenters. The topological polar surface area (TPSA) is 307 Å². The summed E-state index contributed by atoms with van der Waals surface area (Å²) in [6.07, 6.45) is 1.37. The van der Waals surface area contributed by atoms with Gasteiger partial charge in [-0.25, -0.2) is 9.59 Å². The highest BCUT2D eigenvalue weighted by atomic mass is 16.4. The van der Waals surface area contributed by atoms with Gasteiger partial charge in [0.05, 0.1) is 32.2 Å². The second-order valence-electron chi connectivity index (χ2n) is 16.0. The first kappa shape index (κ1) is 54.4. The molecule has 22 heteroatoms. The summed E-state index contributed by atoms with van der Waals surface area (Å²) in [5.74, 6) is -6.51. The first-order chi connectivity index (χ1) is 30.3. The molecule has 22 nitrogen and oxygen atoms in total. The van der Waals surface area contributed by atoms with Gasteiger partial charge in [-0.1, -0.05) is 29.8 Å². The first-order valence-corrected chi connectivity index (χ1v) is 21.5. The standard InChI is InChI=1S/C42H66N8O14/c1-30-9-11-32(12-10-30)25-50(16-6-4-7-34(41(62)63)45-42(64)44-33(31(2)51)13-14-37(54)55)36(53)8-3-5-15-43-35(52)26-46-17-19-47(27-38(56)57)21-23-49(29-40(60)61)24-22-48(20-18-46)28-39(58)59/h9-12,33-34H,3-8,13-29H2,1-2H3,(H,43,52)(H,54,55)(H,56,57)(H,58,59)(H,60,61)(H,62,63)(H2,44,45,64). The SMILES string of the molecule is CC(=O)C(CCC(=O)O)NC(=O)NC(CCCCN(Cc1ccc(C)cc1)C(=O)CCCCNC(=O)CN1CCN(CC(=O)O)CCN(CC(=O)O)CCN(CC(=O)O)CC1)C(=O)O. The minimum atomic E-state index is -1.30. The number of rotatable bonds is 27. The maximum Gasteiger partial charge on any atom is 0.326 e. The van der Waals surface area contributed by atoms with E-state index in [1.165, 1.54) is 6.92 Å². The van der Waals surface area contributed by atoms with Crippen LogP contribution in [0.5, 0.6) is 0 Å². The van der Waals surface area contributed by atoms with Gasteiger partial charge in [-0.05, 0) is 57.9 Å². The Labute approximate surface area is 372 Å². The molecule has 1 aromatic carbocycles. The Morgan fingerprint density at radius 1 is 0.594 bits per heavy atom.